The fourth-order valence-electron chi connectivity index (χ4n) is 4.47. The summed E-state index contributed by atoms with van der Waals surface area (Å²) in [4.78, 5) is 59.1. The average Bonchev–Trinajstić information content (AvgIpc) is 3.63. The van der Waals surface area contributed by atoms with Crippen LogP contribution in [0.15, 0.2) is 38.2 Å². The largest absolute Gasteiger partial charge is 0.477 e. The van der Waals surface area contributed by atoms with Crippen LogP contribution >= 0.6 is 70.0 Å². The number of carboxylic acid groups (broad SMARTS) is 1. The summed E-state index contributed by atoms with van der Waals surface area (Å²) in [7, 11) is 0. The van der Waals surface area contributed by atoms with Crippen LogP contribution in [-0.4, -0.2) is 89.1 Å². The second-order valence-corrected chi connectivity index (χ2v) is 15.5. The molecule has 2 aromatic rings. The minimum absolute atomic E-state index is 0.0654. The van der Waals surface area contributed by atoms with Crippen LogP contribution in [0.1, 0.15) is 31.4 Å². The minimum atomic E-state index is -1.21. The fourth-order valence-corrected chi connectivity index (χ4v) is 9.71. The van der Waals surface area contributed by atoms with Crippen LogP contribution in [0.5, 0.6) is 0 Å². The molecule has 1 aliphatic carbocycles. The number of halogens is 1. The van der Waals surface area contributed by atoms with E-state index in [0.717, 1.165) is 42.0 Å². The van der Waals surface area contributed by atoms with Gasteiger partial charge < -0.3 is 26.7 Å². The van der Waals surface area contributed by atoms with Crippen molar-refractivity contribution in [1.82, 2.24) is 25.2 Å². The monoisotopic (exact) mass is 702 g/mol. The molecule has 4 heterocycles. The Morgan fingerprint density at radius 1 is 1.26 bits per heavy atom. The molecule has 0 aromatic carbocycles. The third-order valence-electron chi connectivity index (χ3n) is 6.46. The molecule has 230 valence electrons. The summed E-state index contributed by atoms with van der Waals surface area (Å²) in [5, 5.41) is 18.2. The van der Waals surface area contributed by atoms with Crippen LogP contribution in [0, 0.1) is 0 Å². The Balaban J connectivity index is 1.25. The van der Waals surface area contributed by atoms with Gasteiger partial charge in [0.25, 0.3) is 11.8 Å². The van der Waals surface area contributed by atoms with Gasteiger partial charge in [-0.15, -0.1) is 23.5 Å². The molecule has 2 atom stereocenters. The van der Waals surface area contributed by atoms with Gasteiger partial charge >= 0.3 is 5.97 Å². The van der Waals surface area contributed by atoms with Crippen molar-refractivity contribution >= 4 is 98.6 Å². The van der Waals surface area contributed by atoms with Gasteiger partial charge in [-0.3, -0.25) is 14.5 Å². The molecule has 2 fully saturated rings. The third kappa shape index (κ3) is 7.54. The normalized spacial score (nSPS) is 20.7. The quantitative estimate of drug-likeness (QED) is 0.0452. The van der Waals surface area contributed by atoms with Crippen LogP contribution in [-0.2, 0) is 19.2 Å². The number of nitrogens with two attached hydrogens (primary N) is 2. The van der Waals surface area contributed by atoms with Crippen molar-refractivity contribution in [3.05, 3.63) is 32.9 Å². The molecular weight excluding hydrogens is 676 g/mol. The molecular formula is C24H27ClN8O5S5. The molecule has 3 aliphatic rings. The van der Waals surface area contributed by atoms with Gasteiger partial charge in [-0.2, -0.15) is 0 Å². The first-order valence-corrected chi connectivity index (χ1v) is 18.3. The molecule has 0 radical (unpaired) electrons. The Morgan fingerprint density at radius 2 is 2.05 bits per heavy atom. The maximum absolute atomic E-state index is 13.4. The number of thiazole rings is 1. The molecule has 0 spiro atoms. The highest BCUT2D eigenvalue weighted by Gasteiger charge is 2.54. The van der Waals surface area contributed by atoms with Gasteiger partial charge in [-0.25, -0.2) is 19.7 Å². The van der Waals surface area contributed by atoms with E-state index in [4.69, 9.17) is 27.9 Å². The number of nitrogens with one attached hydrogen (secondary N) is 1. The van der Waals surface area contributed by atoms with Crippen molar-refractivity contribution in [2.45, 2.75) is 53.4 Å². The summed E-state index contributed by atoms with van der Waals surface area (Å²) < 4.78 is 0.165. The summed E-state index contributed by atoms with van der Waals surface area (Å²) in [5.74, 6) is -1.40. The number of oxime groups is 1. The van der Waals surface area contributed by atoms with E-state index in [0.29, 0.717) is 33.2 Å². The van der Waals surface area contributed by atoms with Crippen molar-refractivity contribution in [3.8, 4) is 0 Å². The molecule has 2 unspecified atom stereocenters. The van der Waals surface area contributed by atoms with Crippen LogP contribution in [0.3, 0.4) is 0 Å². The van der Waals surface area contributed by atoms with Gasteiger partial charge in [0, 0.05) is 34.2 Å². The molecule has 2 aromatic heterocycles. The number of nitrogens with zero attached hydrogens (tertiary/aromatic N) is 5. The van der Waals surface area contributed by atoms with E-state index in [1.54, 1.807) is 12.3 Å². The second-order valence-electron chi connectivity index (χ2n) is 9.29. The lowest BCUT2D eigenvalue weighted by Crippen LogP contribution is -2.71. The van der Waals surface area contributed by atoms with E-state index in [1.807, 2.05) is 0 Å². The summed E-state index contributed by atoms with van der Waals surface area (Å²) in [5.41, 5.74) is 11.1. The zero-order chi connectivity index (χ0) is 30.5. The number of carboxylic acids is 1. The predicted octanol–water partition coefficient (Wildman–Crippen LogP) is 3.06. The number of fused-ring (bicyclic) bond motifs is 1. The summed E-state index contributed by atoms with van der Waals surface area (Å²) >= 11 is 12.9. The number of nitrogen functional groups attached to an aromatic ring is 1. The Morgan fingerprint density at radius 3 is 2.74 bits per heavy atom. The van der Waals surface area contributed by atoms with Crippen LogP contribution in [0.2, 0.25) is 4.34 Å². The number of hydrogen-bond donors (Lipinski definition) is 4. The van der Waals surface area contributed by atoms with Crippen molar-refractivity contribution in [2.75, 3.05) is 28.9 Å². The number of aliphatic carboxylic acids is 1. The Bertz CT molecular complexity index is 1450. The summed E-state index contributed by atoms with van der Waals surface area (Å²) in [6.45, 7) is 0.519. The van der Waals surface area contributed by atoms with Gasteiger partial charge in [-0.1, -0.05) is 51.6 Å². The fraction of sp³-hybridized carbons (Fsp3) is 0.458. The van der Waals surface area contributed by atoms with E-state index in [1.165, 1.54) is 51.9 Å². The van der Waals surface area contributed by atoms with Gasteiger partial charge in [0.05, 0.1) is 0 Å². The number of carbonyl (C=O) groups excluding carboxylic acids is 2. The highest BCUT2D eigenvalue weighted by molar-refractivity contribution is 8.18. The first-order valence-electron chi connectivity index (χ1n) is 13.1. The van der Waals surface area contributed by atoms with Crippen molar-refractivity contribution in [1.29, 1.82) is 0 Å². The molecule has 2 aliphatic heterocycles. The van der Waals surface area contributed by atoms with Crippen LogP contribution in [0.25, 0.3) is 0 Å². The van der Waals surface area contributed by atoms with Gasteiger partial charge in [-0.05, 0) is 31.7 Å². The third-order valence-corrected chi connectivity index (χ3v) is 12.0. The standard InChI is InChI=1S/C24H27ClN8O5S5/c25-18-14(31-23(27)43-18)15(32-38-11-3-1-2-4-11)19(34)30-16-20(35)33-17(22(36)37)12(9-40-21(16)33)41-10-42-13-5-7-28-24(29-13)39-8-6-26/h5,7,11,16,21H,1-4,6,8-10,26H2,(H2,27,31)(H,30,34)(H,36,37). The van der Waals surface area contributed by atoms with Gasteiger partial charge in [0.2, 0.25) is 0 Å². The number of anilines is 1. The smallest absolute Gasteiger partial charge is 0.353 e. The number of aromatic nitrogens is 3. The van der Waals surface area contributed by atoms with E-state index in [9.17, 15) is 19.5 Å². The van der Waals surface area contributed by atoms with Crippen molar-refractivity contribution in [2.24, 2.45) is 10.9 Å². The van der Waals surface area contributed by atoms with E-state index in [-0.39, 0.29) is 32.7 Å². The molecule has 5 rings (SSSR count). The lowest BCUT2D eigenvalue weighted by atomic mass is 10.0. The van der Waals surface area contributed by atoms with Crippen molar-refractivity contribution in [3.63, 3.8) is 0 Å². The number of amides is 2. The Kier molecular flexibility index (Phi) is 11.0. The van der Waals surface area contributed by atoms with Crippen molar-refractivity contribution < 1.29 is 24.3 Å². The lowest BCUT2D eigenvalue weighted by Gasteiger charge is -2.49. The molecule has 13 nitrogen and oxygen atoms in total. The number of β-lactam (4-membered cyclic amide) rings is 1. The first-order chi connectivity index (χ1) is 20.8. The maximum atomic E-state index is 13.4. The van der Waals surface area contributed by atoms with Crippen LogP contribution < -0.4 is 16.8 Å². The molecule has 1 saturated carbocycles. The molecule has 1 saturated heterocycles. The Hall–Kier alpha value is -2.22. The molecule has 2 amide bonds. The highest BCUT2D eigenvalue weighted by atomic mass is 35.5. The SMILES string of the molecule is NCCSc1nccc(SCSC2=C(C(=O)O)N3C(=O)C(NC(=O)C(=NOC4CCCC4)c4nc(N)sc4Cl)C3SC2)n1. The number of thioether (sulfide) groups is 4. The number of carbonyl (C=O) groups is 3. The predicted molar refractivity (Wildman–Crippen MR) is 171 cm³/mol. The molecule has 19 heteroatoms. The highest BCUT2D eigenvalue weighted by Crippen LogP contribution is 2.44. The topological polar surface area (TPSA) is 199 Å². The maximum Gasteiger partial charge on any atom is 0.353 e. The van der Waals surface area contributed by atoms with Gasteiger partial charge in [0.1, 0.15) is 38.3 Å². The molecule has 6 N–H and O–H groups in total. The zero-order valence-electron chi connectivity index (χ0n) is 22.4. The molecule has 43 heavy (non-hydrogen) atoms. The van der Waals surface area contributed by atoms with E-state index >= 15 is 0 Å². The van der Waals surface area contributed by atoms with E-state index in [2.05, 4.69) is 25.4 Å². The van der Waals surface area contributed by atoms with Crippen LogP contribution in [0.4, 0.5) is 5.13 Å². The Labute approximate surface area is 272 Å². The van der Waals surface area contributed by atoms with E-state index < -0.39 is 29.2 Å². The first kappa shape index (κ1) is 32.2. The second kappa shape index (κ2) is 14.7. The lowest BCUT2D eigenvalue weighted by molar-refractivity contribution is -0.150. The number of rotatable bonds is 13. The van der Waals surface area contributed by atoms with Gasteiger partial charge in [0.15, 0.2) is 16.0 Å². The summed E-state index contributed by atoms with van der Waals surface area (Å²) in [6.07, 6.45) is 5.19. The summed E-state index contributed by atoms with van der Waals surface area (Å²) in [6, 6.07) is 0.815. The molecule has 0 bridgehead atoms. The zero-order valence-corrected chi connectivity index (χ0v) is 27.3. The average molecular weight is 703 g/mol. The number of hydrogen-bond acceptors (Lipinski definition) is 15. The minimum Gasteiger partial charge on any atom is -0.477 e.